The molecular formula is C13H18N2O2S. The summed E-state index contributed by atoms with van der Waals surface area (Å²) in [7, 11) is 0. The molecular weight excluding hydrogens is 248 g/mol. The number of aliphatic carboxylic acids is 1. The van der Waals surface area contributed by atoms with E-state index in [-0.39, 0.29) is 5.92 Å². The molecule has 4 nitrogen and oxygen atoms in total. The first-order valence-electron chi connectivity index (χ1n) is 6.62. The summed E-state index contributed by atoms with van der Waals surface area (Å²) in [5, 5.41) is 13.6. The van der Waals surface area contributed by atoms with E-state index >= 15 is 0 Å². The maximum absolute atomic E-state index is 11.2. The van der Waals surface area contributed by atoms with E-state index in [1.165, 1.54) is 17.7 Å². The number of carboxylic acid groups (broad SMARTS) is 1. The lowest BCUT2D eigenvalue weighted by atomic mass is 9.82. The number of carbonyl (C=O) groups is 1. The molecule has 18 heavy (non-hydrogen) atoms. The molecule has 1 unspecified atom stereocenters. The molecule has 0 amide bonds. The predicted octanol–water partition coefficient (Wildman–Crippen LogP) is 2.86. The Labute approximate surface area is 110 Å². The van der Waals surface area contributed by atoms with E-state index in [9.17, 15) is 9.90 Å². The van der Waals surface area contributed by atoms with Crippen LogP contribution in [0.4, 0.5) is 5.13 Å². The first kappa shape index (κ1) is 12.0. The Morgan fingerprint density at radius 1 is 1.50 bits per heavy atom. The van der Waals surface area contributed by atoms with E-state index in [2.05, 4.69) is 17.2 Å². The molecule has 0 radical (unpaired) electrons. The third kappa shape index (κ3) is 2.11. The fraction of sp³-hybridized carbons (Fsp3) is 0.692. The topological polar surface area (TPSA) is 62.2 Å². The number of fused-ring (bicyclic) bond motifs is 1. The van der Waals surface area contributed by atoms with E-state index in [0.29, 0.717) is 6.04 Å². The van der Waals surface area contributed by atoms with Crippen molar-refractivity contribution in [2.45, 2.75) is 51.0 Å². The van der Waals surface area contributed by atoms with Crippen molar-refractivity contribution in [3.05, 3.63) is 10.6 Å². The SMILES string of the molecule is CC1CC(Nc2nc3c(s2)CCCC3C(=O)O)C1. The Bertz CT molecular complexity index is 466. The minimum absolute atomic E-state index is 0.388. The fourth-order valence-electron chi connectivity index (χ4n) is 2.92. The zero-order chi connectivity index (χ0) is 12.7. The highest BCUT2D eigenvalue weighted by Gasteiger charge is 2.31. The zero-order valence-corrected chi connectivity index (χ0v) is 11.3. The van der Waals surface area contributed by atoms with Crippen LogP contribution >= 0.6 is 11.3 Å². The number of hydrogen-bond acceptors (Lipinski definition) is 4. The third-order valence-electron chi connectivity index (χ3n) is 3.95. The molecule has 0 saturated heterocycles. The fourth-order valence-corrected chi connectivity index (χ4v) is 4.06. The van der Waals surface area contributed by atoms with Crippen LogP contribution in [0.3, 0.4) is 0 Å². The van der Waals surface area contributed by atoms with Crippen molar-refractivity contribution in [3.63, 3.8) is 0 Å². The molecule has 2 aliphatic carbocycles. The molecule has 0 bridgehead atoms. The van der Waals surface area contributed by atoms with Gasteiger partial charge in [0.1, 0.15) is 5.92 Å². The van der Waals surface area contributed by atoms with Crippen LogP contribution in [0.1, 0.15) is 49.1 Å². The second kappa shape index (κ2) is 4.53. The van der Waals surface area contributed by atoms with Gasteiger partial charge in [0.2, 0.25) is 0 Å². The van der Waals surface area contributed by atoms with Crippen molar-refractivity contribution < 1.29 is 9.90 Å². The van der Waals surface area contributed by atoms with Gasteiger partial charge in [-0.25, -0.2) is 4.98 Å². The van der Waals surface area contributed by atoms with Crippen molar-refractivity contribution in [3.8, 4) is 0 Å². The molecule has 1 heterocycles. The highest BCUT2D eigenvalue weighted by atomic mass is 32.1. The van der Waals surface area contributed by atoms with Crippen LogP contribution in [0, 0.1) is 5.92 Å². The van der Waals surface area contributed by atoms with Gasteiger partial charge in [0.25, 0.3) is 0 Å². The minimum Gasteiger partial charge on any atom is -0.481 e. The van der Waals surface area contributed by atoms with Crippen LogP contribution in [0.5, 0.6) is 0 Å². The first-order valence-corrected chi connectivity index (χ1v) is 7.44. The number of hydrogen-bond donors (Lipinski definition) is 2. The Kier molecular flexibility index (Phi) is 3.01. The maximum atomic E-state index is 11.2. The second-order valence-corrected chi connectivity index (χ2v) is 6.61. The summed E-state index contributed by atoms with van der Waals surface area (Å²) in [6.45, 7) is 2.26. The van der Waals surface area contributed by atoms with Gasteiger partial charge >= 0.3 is 5.97 Å². The zero-order valence-electron chi connectivity index (χ0n) is 10.5. The summed E-state index contributed by atoms with van der Waals surface area (Å²) in [5.41, 5.74) is 0.814. The molecule has 1 aromatic rings. The molecule has 5 heteroatoms. The van der Waals surface area contributed by atoms with Crippen LogP contribution in [0.25, 0.3) is 0 Å². The standard InChI is InChI=1S/C13H18N2O2S/c1-7-5-8(6-7)14-13-15-11-9(12(16)17)3-2-4-10(11)18-13/h7-9H,2-6H2,1H3,(H,14,15)(H,16,17). The highest BCUT2D eigenvalue weighted by Crippen LogP contribution is 2.38. The number of thiazole rings is 1. The van der Waals surface area contributed by atoms with Gasteiger partial charge in [0, 0.05) is 10.9 Å². The van der Waals surface area contributed by atoms with Crippen molar-refractivity contribution in [2.75, 3.05) is 5.32 Å². The summed E-state index contributed by atoms with van der Waals surface area (Å²) in [5.74, 6) is -0.310. The smallest absolute Gasteiger partial charge is 0.312 e. The number of carboxylic acids is 1. The quantitative estimate of drug-likeness (QED) is 0.883. The average Bonchev–Trinajstić information content (AvgIpc) is 2.68. The lowest BCUT2D eigenvalue weighted by Crippen LogP contribution is -2.33. The average molecular weight is 266 g/mol. The Balaban J connectivity index is 1.76. The largest absolute Gasteiger partial charge is 0.481 e. The van der Waals surface area contributed by atoms with Gasteiger partial charge in [0.15, 0.2) is 5.13 Å². The van der Waals surface area contributed by atoms with Gasteiger partial charge in [-0.2, -0.15) is 0 Å². The van der Waals surface area contributed by atoms with Crippen molar-refractivity contribution in [1.29, 1.82) is 0 Å². The Morgan fingerprint density at radius 3 is 2.94 bits per heavy atom. The molecule has 1 aromatic heterocycles. The van der Waals surface area contributed by atoms with Gasteiger partial charge in [-0.1, -0.05) is 6.92 Å². The van der Waals surface area contributed by atoms with E-state index in [1.807, 2.05) is 0 Å². The molecule has 1 saturated carbocycles. The number of rotatable bonds is 3. The van der Waals surface area contributed by atoms with Gasteiger partial charge in [-0.3, -0.25) is 4.79 Å². The molecule has 0 aliphatic heterocycles. The summed E-state index contributed by atoms with van der Waals surface area (Å²) in [6, 6.07) is 0.538. The number of aryl methyl sites for hydroxylation is 1. The van der Waals surface area contributed by atoms with Crippen LogP contribution in [-0.2, 0) is 11.2 Å². The van der Waals surface area contributed by atoms with Gasteiger partial charge in [-0.05, 0) is 38.0 Å². The first-order chi connectivity index (χ1) is 8.63. The molecule has 1 atom stereocenters. The lowest BCUT2D eigenvalue weighted by Gasteiger charge is -2.33. The van der Waals surface area contributed by atoms with Crippen LogP contribution in [0.2, 0.25) is 0 Å². The van der Waals surface area contributed by atoms with Crippen molar-refractivity contribution in [2.24, 2.45) is 5.92 Å². The minimum atomic E-state index is -0.731. The number of aromatic nitrogens is 1. The maximum Gasteiger partial charge on any atom is 0.312 e. The van der Waals surface area contributed by atoms with E-state index in [1.54, 1.807) is 11.3 Å². The van der Waals surface area contributed by atoms with Crippen molar-refractivity contribution >= 4 is 22.4 Å². The summed E-state index contributed by atoms with van der Waals surface area (Å²) in [4.78, 5) is 16.9. The molecule has 98 valence electrons. The third-order valence-corrected chi connectivity index (χ3v) is 5.02. The molecule has 2 N–H and O–H groups in total. The molecule has 1 fully saturated rings. The monoisotopic (exact) mass is 266 g/mol. The predicted molar refractivity (Wildman–Crippen MR) is 71.2 cm³/mol. The lowest BCUT2D eigenvalue weighted by molar-refractivity contribution is -0.139. The molecule has 2 aliphatic rings. The highest BCUT2D eigenvalue weighted by molar-refractivity contribution is 7.15. The molecule has 0 aromatic carbocycles. The van der Waals surface area contributed by atoms with E-state index in [0.717, 1.165) is 36.0 Å². The molecule has 0 spiro atoms. The number of nitrogens with zero attached hydrogens (tertiary/aromatic N) is 1. The molecule has 3 rings (SSSR count). The summed E-state index contributed by atoms with van der Waals surface area (Å²) in [6.07, 6.45) is 5.08. The number of nitrogens with one attached hydrogen (secondary N) is 1. The number of anilines is 1. The van der Waals surface area contributed by atoms with Crippen LogP contribution < -0.4 is 5.32 Å². The van der Waals surface area contributed by atoms with Crippen molar-refractivity contribution in [1.82, 2.24) is 4.98 Å². The van der Waals surface area contributed by atoms with Gasteiger partial charge in [0.05, 0.1) is 5.69 Å². The Morgan fingerprint density at radius 2 is 2.28 bits per heavy atom. The normalized spacial score (nSPS) is 30.4. The Hall–Kier alpha value is -1.10. The summed E-state index contributed by atoms with van der Waals surface area (Å²) < 4.78 is 0. The second-order valence-electron chi connectivity index (χ2n) is 5.53. The van der Waals surface area contributed by atoms with Gasteiger partial charge in [-0.15, -0.1) is 11.3 Å². The van der Waals surface area contributed by atoms with Crippen LogP contribution in [0.15, 0.2) is 0 Å². The van der Waals surface area contributed by atoms with Gasteiger partial charge < -0.3 is 10.4 Å². The van der Waals surface area contributed by atoms with E-state index in [4.69, 9.17) is 0 Å². The summed E-state index contributed by atoms with van der Waals surface area (Å²) >= 11 is 1.65. The van der Waals surface area contributed by atoms with E-state index < -0.39 is 5.97 Å². The van der Waals surface area contributed by atoms with Crippen LogP contribution in [-0.4, -0.2) is 22.1 Å².